The lowest BCUT2D eigenvalue weighted by Gasteiger charge is -2.39. The quantitative estimate of drug-likeness (QED) is 0.617. The van der Waals surface area contributed by atoms with E-state index in [-0.39, 0.29) is 17.1 Å². The van der Waals surface area contributed by atoms with Crippen LogP contribution in [0.5, 0.6) is 0 Å². The molecule has 0 spiro atoms. The first-order valence-electron chi connectivity index (χ1n) is 9.13. The van der Waals surface area contributed by atoms with Crippen LogP contribution in [-0.2, 0) is 4.79 Å². The van der Waals surface area contributed by atoms with Crippen LogP contribution >= 0.6 is 11.8 Å². The number of nitrogens with zero attached hydrogens (tertiary/aromatic N) is 3. The number of fused-ring (bicyclic) bond motifs is 1. The van der Waals surface area contributed by atoms with Crippen molar-refractivity contribution in [2.24, 2.45) is 5.41 Å². The molecule has 2 aliphatic rings. The molecular weight excluding hydrogens is 358 g/mol. The molecule has 27 heavy (non-hydrogen) atoms. The molecule has 0 radical (unpaired) electrons. The van der Waals surface area contributed by atoms with E-state index in [2.05, 4.69) is 36.1 Å². The zero-order valence-corrected chi connectivity index (χ0v) is 16.6. The molecule has 0 aromatic carbocycles. The molecule has 6 nitrogen and oxygen atoms in total. The van der Waals surface area contributed by atoms with E-state index >= 15 is 0 Å². The maximum Gasteiger partial charge on any atom is 0.191 e. The smallest absolute Gasteiger partial charge is 0.191 e. The van der Waals surface area contributed by atoms with Crippen molar-refractivity contribution < 1.29 is 4.79 Å². The molecule has 2 aromatic heterocycles. The third kappa shape index (κ3) is 3.20. The maximum atomic E-state index is 13.1. The van der Waals surface area contributed by atoms with Gasteiger partial charge >= 0.3 is 0 Å². The number of hydrogen-bond donors (Lipinski definition) is 2. The molecule has 0 saturated carbocycles. The van der Waals surface area contributed by atoms with E-state index < -0.39 is 0 Å². The van der Waals surface area contributed by atoms with Crippen LogP contribution in [0.4, 0.5) is 11.6 Å². The molecule has 4 rings (SSSR count). The van der Waals surface area contributed by atoms with Crippen LogP contribution in [0.2, 0.25) is 0 Å². The fraction of sp³-hybridized carbons (Fsp3) is 0.400. The van der Waals surface area contributed by atoms with Gasteiger partial charge in [-0.15, -0.1) is 0 Å². The highest BCUT2D eigenvalue weighted by Crippen LogP contribution is 2.49. The van der Waals surface area contributed by atoms with E-state index in [4.69, 9.17) is 10.7 Å². The molecule has 0 amide bonds. The topological polar surface area (TPSA) is 93.8 Å². The van der Waals surface area contributed by atoms with Crippen LogP contribution in [0.25, 0.3) is 0 Å². The van der Waals surface area contributed by atoms with Crippen LogP contribution < -0.4 is 11.1 Å². The number of pyridine rings is 1. The molecule has 0 fully saturated rings. The fourth-order valence-corrected chi connectivity index (χ4v) is 4.57. The van der Waals surface area contributed by atoms with Gasteiger partial charge in [0.25, 0.3) is 0 Å². The number of carbonyl (C=O) groups excluding carboxylic acids is 1. The summed E-state index contributed by atoms with van der Waals surface area (Å²) in [5.74, 6) is 1.90. The third-order valence-corrected chi connectivity index (χ3v) is 5.76. The van der Waals surface area contributed by atoms with Gasteiger partial charge in [0.05, 0.1) is 0 Å². The highest BCUT2D eigenvalue weighted by atomic mass is 32.2. The van der Waals surface area contributed by atoms with Crippen molar-refractivity contribution >= 4 is 29.2 Å². The predicted molar refractivity (Wildman–Crippen MR) is 108 cm³/mol. The SMILES string of the molecule is CCSc1nc(N)c2c(n1)NC1=C(C(=O)CC(C)(C)C1)[C@H]2c1ccncc1. The Morgan fingerprint density at radius 3 is 2.70 bits per heavy atom. The molecule has 1 aliphatic carbocycles. The summed E-state index contributed by atoms with van der Waals surface area (Å²) in [6.45, 7) is 6.31. The number of hydrogen-bond acceptors (Lipinski definition) is 7. The molecular formula is C20H23N5OS. The molecule has 2 aromatic rings. The molecule has 0 unspecified atom stereocenters. The first kappa shape index (κ1) is 18.0. The van der Waals surface area contributed by atoms with Gasteiger partial charge in [-0.25, -0.2) is 9.97 Å². The number of Topliss-reactive ketones (excluding diaryl/α,β-unsaturated/α-hetero) is 1. The van der Waals surface area contributed by atoms with Crippen LogP contribution in [0, 0.1) is 5.41 Å². The molecule has 1 atom stereocenters. The van der Waals surface area contributed by atoms with Gasteiger partial charge in [-0.2, -0.15) is 0 Å². The Morgan fingerprint density at radius 2 is 2.00 bits per heavy atom. The van der Waals surface area contributed by atoms with Gasteiger partial charge in [0.1, 0.15) is 11.6 Å². The van der Waals surface area contributed by atoms with Crippen LogP contribution in [0.15, 0.2) is 41.0 Å². The molecule has 7 heteroatoms. The molecule has 0 bridgehead atoms. The van der Waals surface area contributed by atoms with E-state index in [0.717, 1.165) is 34.6 Å². The largest absolute Gasteiger partial charge is 0.383 e. The number of allylic oxidation sites excluding steroid dienone is 2. The standard InChI is InChI=1S/C20H23N5OS/c1-4-27-19-24-17(21)16-14(11-5-7-22-8-6-11)15-12(23-18(16)25-19)9-20(2,3)10-13(15)26/h5-8,14H,4,9-10H2,1-3H3,(H3,21,23,24,25)/t14-/m1/s1. The Labute approximate surface area is 163 Å². The first-order chi connectivity index (χ1) is 12.9. The van der Waals surface area contributed by atoms with E-state index in [9.17, 15) is 4.79 Å². The number of nitrogen functional groups attached to an aromatic ring is 1. The van der Waals surface area contributed by atoms with Crippen molar-refractivity contribution in [1.82, 2.24) is 15.0 Å². The van der Waals surface area contributed by atoms with Gasteiger partial charge in [0, 0.05) is 41.6 Å². The Hall–Kier alpha value is -2.41. The zero-order chi connectivity index (χ0) is 19.2. The Balaban J connectivity index is 1.93. The van der Waals surface area contributed by atoms with E-state index in [1.165, 1.54) is 0 Å². The third-order valence-electron chi connectivity index (χ3n) is 5.03. The normalized spacial score (nSPS) is 20.7. The summed E-state index contributed by atoms with van der Waals surface area (Å²) in [7, 11) is 0. The number of thioether (sulfide) groups is 1. The van der Waals surface area contributed by atoms with Gasteiger partial charge in [0.15, 0.2) is 10.9 Å². The van der Waals surface area contributed by atoms with Crippen LogP contribution in [0.1, 0.15) is 50.7 Å². The van der Waals surface area contributed by atoms with Crippen LogP contribution in [-0.4, -0.2) is 26.5 Å². The van der Waals surface area contributed by atoms with Gasteiger partial charge in [-0.3, -0.25) is 9.78 Å². The minimum absolute atomic E-state index is 0.0806. The van der Waals surface area contributed by atoms with Crippen molar-refractivity contribution in [3.05, 3.63) is 46.9 Å². The average Bonchev–Trinajstić information content (AvgIpc) is 2.60. The summed E-state index contributed by atoms with van der Waals surface area (Å²) in [6, 6.07) is 3.87. The number of carbonyl (C=O) groups is 1. The van der Waals surface area contributed by atoms with Gasteiger partial charge in [0.2, 0.25) is 0 Å². The highest BCUT2D eigenvalue weighted by molar-refractivity contribution is 7.99. The predicted octanol–water partition coefficient (Wildman–Crippen LogP) is 3.77. The van der Waals surface area contributed by atoms with Gasteiger partial charge in [-0.05, 0) is 35.3 Å². The molecule has 3 heterocycles. The molecule has 3 N–H and O–H groups in total. The lowest BCUT2D eigenvalue weighted by atomic mass is 9.69. The maximum absolute atomic E-state index is 13.1. The number of aromatic nitrogens is 3. The fourth-order valence-electron chi connectivity index (χ4n) is 4.00. The Kier molecular flexibility index (Phi) is 4.42. The lowest BCUT2D eigenvalue weighted by Crippen LogP contribution is -2.34. The number of ketones is 1. The molecule has 1 aliphatic heterocycles. The van der Waals surface area contributed by atoms with E-state index in [0.29, 0.717) is 23.2 Å². The van der Waals surface area contributed by atoms with E-state index in [1.54, 1.807) is 24.2 Å². The zero-order valence-electron chi connectivity index (χ0n) is 15.7. The number of rotatable bonds is 3. The van der Waals surface area contributed by atoms with E-state index in [1.807, 2.05) is 12.1 Å². The number of nitrogens with two attached hydrogens (primary N) is 1. The van der Waals surface area contributed by atoms with Crippen molar-refractivity contribution in [2.45, 2.75) is 44.7 Å². The van der Waals surface area contributed by atoms with Crippen LogP contribution in [0.3, 0.4) is 0 Å². The minimum atomic E-state index is -0.261. The Morgan fingerprint density at radius 1 is 1.26 bits per heavy atom. The summed E-state index contributed by atoms with van der Waals surface area (Å²) >= 11 is 1.55. The summed E-state index contributed by atoms with van der Waals surface area (Å²) in [6.07, 6.45) is 4.81. The Bertz CT molecular complexity index is 939. The number of nitrogens with one attached hydrogen (secondary N) is 1. The summed E-state index contributed by atoms with van der Waals surface area (Å²) in [5, 5.41) is 4.08. The summed E-state index contributed by atoms with van der Waals surface area (Å²) in [4.78, 5) is 26.4. The molecule has 140 valence electrons. The second-order valence-electron chi connectivity index (χ2n) is 7.76. The highest BCUT2D eigenvalue weighted by Gasteiger charge is 2.42. The average molecular weight is 382 g/mol. The minimum Gasteiger partial charge on any atom is -0.383 e. The van der Waals surface area contributed by atoms with Crippen molar-refractivity contribution in [1.29, 1.82) is 0 Å². The first-order valence-corrected chi connectivity index (χ1v) is 10.1. The van der Waals surface area contributed by atoms with Gasteiger partial charge in [-0.1, -0.05) is 32.5 Å². The van der Waals surface area contributed by atoms with Gasteiger partial charge < -0.3 is 11.1 Å². The lowest BCUT2D eigenvalue weighted by molar-refractivity contribution is -0.118. The van der Waals surface area contributed by atoms with Crippen molar-refractivity contribution in [3.63, 3.8) is 0 Å². The summed E-state index contributed by atoms with van der Waals surface area (Å²) < 4.78 is 0. The van der Waals surface area contributed by atoms with Crippen molar-refractivity contribution in [2.75, 3.05) is 16.8 Å². The number of anilines is 2. The summed E-state index contributed by atoms with van der Waals surface area (Å²) in [5.41, 5.74) is 9.80. The second-order valence-corrected chi connectivity index (χ2v) is 8.99. The molecule has 0 saturated heterocycles. The van der Waals surface area contributed by atoms with Crippen molar-refractivity contribution in [3.8, 4) is 0 Å². The monoisotopic (exact) mass is 381 g/mol. The second kappa shape index (κ2) is 6.64.